The van der Waals surface area contributed by atoms with Crippen molar-refractivity contribution in [1.29, 1.82) is 0 Å². The third kappa shape index (κ3) is 6.76. The smallest absolute Gasteiger partial charge is 0.346 e. The molecule has 0 spiro atoms. The van der Waals surface area contributed by atoms with E-state index in [9.17, 15) is 28.8 Å². The Morgan fingerprint density at radius 1 is 0.518 bits per heavy atom. The van der Waals surface area contributed by atoms with Gasteiger partial charge in [0.05, 0.1) is 33.4 Å². The van der Waals surface area contributed by atoms with Crippen LogP contribution >= 0.6 is 0 Å². The lowest BCUT2D eigenvalue weighted by Crippen LogP contribution is -2.19. The van der Waals surface area contributed by atoms with E-state index >= 15 is 0 Å². The highest BCUT2D eigenvalue weighted by Gasteiger charge is 2.33. The molecule has 56 heavy (non-hydrogen) atoms. The van der Waals surface area contributed by atoms with Crippen molar-refractivity contribution in [1.82, 2.24) is 0 Å². The highest BCUT2D eigenvalue weighted by Crippen LogP contribution is 2.43. The summed E-state index contributed by atoms with van der Waals surface area (Å²) in [5.74, 6) is -2.09. The van der Waals surface area contributed by atoms with Crippen LogP contribution in [0.4, 0.5) is 0 Å². The normalized spacial score (nSPS) is 18.7. The second kappa shape index (κ2) is 14.3. The van der Waals surface area contributed by atoms with Gasteiger partial charge in [0.2, 0.25) is 0 Å². The molecule has 2 aliphatic heterocycles. The Hall–Kier alpha value is -6.42. The molecule has 2 aliphatic carbocycles. The minimum atomic E-state index is -0.771. The van der Waals surface area contributed by atoms with E-state index in [0.717, 1.165) is 71.9 Å². The van der Waals surface area contributed by atoms with Crippen molar-refractivity contribution in [2.45, 2.75) is 66.2 Å². The maximum Gasteiger partial charge on any atom is 0.346 e. The molecule has 0 saturated carbocycles. The van der Waals surface area contributed by atoms with Crippen LogP contribution in [0.1, 0.15) is 134 Å². The molecule has 10 heteroatoms. The van der Waals surface area contributed by atoms with Crippen LogP contribution in [0.15, 0.2) is 72.8 Å². The molecule has 4 aliphatic rings. The monoisotopic (exact) mass is 750 g/mol. The van der Waals surface area contributed by atoms with E-state index in [1.54, 1.807) is 0 Å². The third-order valence-corrected chi connectivity index (χ3v) is 11.4. The predicted octanol–water partition coefficient (Wildman–Crippen LogP) is 9.05. The van der Waals surface area contributed by atoms with Crippen molar-refractivity contribution in [3.05, 3.63) is 140 Å². The standard InChI is InChI=1S/C46H38O10/c1-23-17-33(18-24(2)39(23)53-41(47)31-13-15-35-37(21-31)45(51)55-43(35)49)29-9-5-27(6-10-29)28-7-11-30(12-8-28)34-19-25(3)40(26(4)20-34)54-42(48)32-14-16-36-38(22-32)46(52)56-44(36)50/h9,11,13-22,27-28H,5-8,10,12H2,1-4H3. The van der Waals surface area contributed by atoms with Crippen molar-refractivity contribution in [2.24, 2.45) is 11.8 Å². The molecule has 0 N–H and O–H groups in total. The number of allylic oxidation sites excluding steroid dienone is 4. The van der Waals surface area contributed by atoms with Gasteiger partial charge in [-0.25, -0.2) is 28.8 Å². The molecule has 10 nitrogen and oxygen atoms in total. The second-order valence-electron chi connectivity index (χ2n) is 15.1. The van der Waals surface area contributed by atoms with Crippen LogP contribution in [-0.4, -0.2) is 35.8 Å². The lowest BCUT2D eigenvalue weighted by Gasteiger charge is -2.32. The Balaban J connectivity index is 0.885. The van der Waals surface area contributed by atoms with Gasteiger partial charge in [-0.15, -0.1) is 0 Å². The Morgan fingerprint density at radius 2 is 0.875 bits per heavy atom. The van der Waals surface area contributed by atoms with E-state index in [1.807, 2.05) is 27.7 Å². The number of carbonyl (C=O) groups is 6. The van der Waals surface area contributed by atoms with Gasteiger partial charge in [0.1, 0.15) is 11.5 Å². The molecule has 0 aromatic heterocycles. The fourth-order valence-electron chi connectivity index (χ4n) is 8.41. The summed E-state index contributed by atoms with van der Waals surface area (Å²) in [6, 6.07) is 16.6. The van der Waals surface area contributed by atoms with Crippen LogP contribution in [0, 0.1) is 39.5 Å². The zero-order valence-corrected chi connectivity index (χ0v) is 31.4. The van der Waals surface area contributed by atoms with Gasteiger partial charge in [-0.1, -0.05) is 12.2 Å². The highest BCUT2D eigenvalue weighted by atomic mass is 16.6. The number of esters is 6. The number of benzene rings is 4. The number of fused-ring (bicyclic) bond motifs is 2. The van der Waals surface area contributed by atoms with Gasteiger partial charge in [-0.2, -0.15) is 0 Å². The van der Waals surface area contributed by atoms with Gasteiger partial charge >= 0.3 is 35.8 Å². The molecule has 4 aromatic carbocycles. The highest BCUT2D eigenvalue weighted by molar-refractivity contribution is 6.16. The summed E-state index contributed by atoms with van der Waals surface area (Å²) in [6.45, 7) is 7.66. The number of hydrogen-bond donors (Lipinski definition) is 0. The zero-order valence-electron chi connectivity index (χ0n) is 31.4. The zero-order chi connectivity index (χ0) is 39.4. The van der Waals surface area contributed by atoms with Gasteiger partial charge in [-0.3, -0.25) is 0 Å². The van der Waals surface area contributed by atoms with Crippen LogP contribution in [0.5, 0.6) is 11.5 Å². The molecule has 2 unspecified atom stereocenters. The summed E-state index contributed by atoms with van der Waals surface area (Å²) in [4.78, 5) is 73.6. The van der Waals surface area contributed by atoms with E-state index in [0.29, 0.717) is 23.3 Å². The summed E-state index contributed by atoms with van der Waals surface area (Å²) in [5, 5.41) is 0. The molecule has 0 radical (unpaired) electrons. The largest absolute Gasteiger partial charge is 0.422 e. The summed E-state index contributed by atoms with van der Waals surface area (Å²) < 4.78 is 20.8. The molecule has 0 saturated heterocycles. The van der Waals surface area contributed by atoms with Crippen LogP contribution < -0.4 is 9.47 Å². The number of rotatable bonds is 7. The first-order chi connectivity index (χ1) is 26.8. The molecule has 0 amide bonds. The van der Waals surface area contributed by atoms with Crippen LogP contribution in [0.25, 0.3) is 11.1 Å². The first-order valence-corrected chi connectivity index (χ1v) is 18.7. The van der Waals surface area contributed by atoms with Crippen LogP contribution in [0.2, 0.25) is 0 Å². The fourth-order valence-corrected chi connectivity index (χ4v) is 8.41. The maximum atomic E-state index is 13.0. The number of hydrogen-bond acceptors (Lipinski definition) is 10. The second-order valence-corrected chi connectivity index (χ2v) is 15.1. The molecule has 2 atom stereocenters. The quantitative estimate of drug-likeness (QED) is 0.102. The Morgan fingerprint density at radius 3 is 1.21 bits per heavy atom. The molecule has 0 fully saturated rings. The molecular formula is C46H38O10. The fraction of sp³-hybridized carbons (Fsp3) is 0.261. The molecule has 282 valence electrons. The summed E-state index contributed by atoms with van der Waals surface area (Å²) in [5.41, 5.74) is 8.88. The van der Waals surface area contributed by atoms with E-state index in [-0.39, 0.29) is 33.4 Å². The van der Waals surface area contributed by atoms with E-state index in [2.05, 4.69) is 45.9 Å². The van der Waals surface area contributed by atoms with Crippen LogP contribution in [0.3, 0.4) is 0 Å². The average Bonchev–Trinajstić information content (AvgIpc) is 3.65. The van der Waals surface area contributed by atoms with Gasteiger partial charge in [0.15, 0.2) is 0 Å². The van der Waals surface area contributed by atoms with Crippen molar-refractivity contribution in [3.8, 4) is 11.5 Å². The Labute approximate surface area is 323 Å². The number of cyclic esters (lactones) is 4. The summed E-state index contributed by atoms with van der Waals surface area (Å²) in [6.07, 6.45) is 10.8. The van der Waals surface area contributed by atoms with Gasteiger partial charge < -0.3 is 18.9 Å². The predicted molar refractivity (Wildman–Crippen MR) is 205 cm³/mol. The lowest BCUT2D eigenvalue weighted by atomic mass is 9.73. The minimum Gasteiger partial charge on any atom is -0.422 e. The molecule has 4 aromatic rings. The van der Waals surface area contributed by atoms with E-state index in [4.69, 9.17) is 9.47 Å². The van der Waals surface area contributed by atoms with Gasteiger partial charge in [0, 0.05) is 0 Å². The SMILES string of the molecule is Cc1cc(C2=CCC(C3CC=C(c4cc(C)c(OC(=O)c5ccc6c(c5)C(=O)OC6=O)c(C)c4)CC3)CC2)cc(C)c1OC(=O)c1ccc2c(c1)C(=O)OC2=O. The van der Waals surface area contributed by atoms with Gasteiger partial charge in [-0.05, 0) is 183 Å². The van der Waals surface area contributed by atoms with Crippen molar-refractivity contribution < 1.29 is 47.7 Å². The number of ether oxygens (including phenoxy) is 4. The maximum absolute atomic E-state index is 13.0. The minimum absolute atomic E-state index is 0.0603. The van der Waals surface area contributed by atoms with Gasteiger partial charge in [0.25, 0.3) is 0 Å². The van der Waals surface area contributed by atoms with Crippen molar-refractivity contribution in [3.63, 3.8) is 0 Å². The Bertz CT molecular complexity index is 2280. The van der Waals surface area contributed by atoms with Crippen molar-refractivity contribution in [2.75, 3.05) is 0 Å². The topological polar surface area (TPSA) is 139 Å². The summed E-state index contributed by atoms with van der Waals surface area (Å²) in [7, 11) is 0. The lowest BCUT2D eigenvalue weighted by molar-refractivity contribution is 0.0425. The summed E-state index contributed by atoms with van der Waals surface area (Å²) >= 11 is 0. The van der Waals surface area contributed by atoms with E-state index < -0.39 is 35.8 Å². The average molecular weight is 751 g/mol. The first kappa shape index (κ1) is 36.6. The van der Waals surface area contributed by atoms with Crippen LogP contribution in [-0.2, 0) is 9.47 Å². The molecular weight excluding hydrogens is 712 g/mol. The van der Waals surface area contributed by atoms with E-state index in [1.165, 1.54) is 47.5 Å². The van der Waals surface area contributed by atoms with Crippen molar-refractivity contribution >= 4 is 47.0 Å². The number of carbonyl (C=O) groups excluding carboxylic acids is 6. The first-order valence-electron chi connectivity index (χ1n) is 18.7. The third-order valence-electron chi connectivity index (χ3n) is 11.4. The molecule has 0 bridgehead atoms. The Kier molecular flexibility index (Phi) is 9.36. The number of aryl methyl sites for hydroxylation is 4. The molecule has 2 heterocycles. The molecule has 8 rings (SSSR count).